The van der Waals surface area contributed by atoms with Gasteiger partial charge in [0.2, 0.25) is 0 Å². The Morgan fingerprint density at radius 1 is 1.00 bits per heavy atom. The zero-order chi connectivity index (χ0) is 17.3. The number of piperidine rings is 1. The lowest BCUT2D eigenvalue weighted by atomic mass is 9.75. The van der Waals surface area contributed by atoms with E-state index in [-0.39, 0.29) is 6.42 Å². The summed E-state index contributed by atoms with van der Waals surface area (Å²) in [4.78, 5) is 12.6. The van der Waals surface area contributed by atoms with E-state index >= 15 is 0 Å². The summed E-state index contributed by atoms with van der Waals surface area (Å²) in [6, 6.07) is 9.57. The van der Waals surface area contributed by atoms with E-state index in [9.17, 15) is 8.78 Å². The standard InChI is InChI=1S/C19H22F2N4/c20-19(21)7-10-24(13-16-4-1-2-9-23-16)14-18(19)6-11-25(15-18)17-5-3-8-22-12-17/h1-5,8-9,12H,6-7,10-11,13-15H2/t18-/m0/s1. The van der Waals surface area contributed by atoms with Crippen molar-refractivity contribution in [1.82, 2.24) is 14.9 Å². The van der Waals surface area contributed by atoms with Gasteiger partial charge in [0.15, 0.2) is 0 Å². The molecule has 0 bridgehead atoms. The fraction of sp³-hybridized carbons (Fsp3) is 0.474. The minimum Gasteiger partial charge on any atom is -0.369 e. The molecular weight excluding hydrogens is 322 g/mol. The molecule has 2 aliphatic rings. The third-order valence-corrected chi connectivity index (χ3v) is 5.52. The van der Waals surface area contributed by atoms with Crippen LogP contribution in [-0.4, -0.2) is 47.0 Å². The number of pyridine rings is 2. The minimum atomic E-state index is -2.63. The number of nitrogens with zero attached hydrogens (tertiary/aromatic N) is 4. The van der Waals surface area contributed by atoms with Crippen LogP contribution in [0.15, 0.2) is 48.9 Å². The molecule has 1 atom stereocenters. The van der Waals surface area contributed by atoms with Crippen molar-refractivity contribution in [3.05, 3.63) is 54.6 Å². The molecular formula is C19H22F2N4. The predicted octanol–water partition coefficient (Wildman–Crippen LogP) is 3.21. The first-order valence-electron chi connectivity index (χ1n) is 8.73. The Hall–Kier alpha value is -2.08. The van der Waals surface area contributed by atoms with Gasteiger partial charge in [-0.3, -0.25) is 14.9 Å². The molecule has 132 valence electrons. The van der Waals surface area contributed by atoms with Crippen molar-refractivity contribution < 1.29 is 8.78 Å². The Morgan fingerprint density at radius 3 is 2.68 bits per heavy atom. The largest absolute Gasteiger partial charge is 0.369 e. The quantitative estimate of drug-likeness (QED) is 0.856. The highest BCUT2D eigenvalue weighted by molar-refractivity contribution is 5.45. The summed E-state index contributed by atoms with van der Waals surface area (Å²) in [6.45, 7) is 2.49. The van der Waals surface area contributed by atoms with Gasteiger partial charge in [0.05, 0.1) is 23.0 Å². The molecule has 6 heteroatoms. The molecule has 0 amide bonds. The summed E-state index contributed by atoms with van der Waals surface area (Å²) in [5.74, 6) is -2.63. The molecule has 0 saturated carbocycles. The van der Waals surface area contributed by atoms with Crippen molar-refractivity contribution >= 4 is 5.69 Å². The van der Waals surface area contributed by atoms with Crippen molar-refractivity contribution in [2.24, 2.45) is 5.41 Å². The summed E-state index contributed by atoms with van der Waals surface area (Å²) in [7, 11) is 0. The van der Waals surface area contributed by atoms with Crippen molar-refractivity contribution in [3.63, 3.8) is 0 Å². The van der Waals surface area contributed by atoms with Crippen LogP contribution in [0.4, 0.5) is 14.5 Å². The normalized spacial score (nSPS) is 26.2. The van der Waals surface area contributed by atoms with Crippen molar-refractivity contribution in [1.29, 1.82) is 0 Å². The number of alkyl halides is 2. The van der Waals surface area contributed by atoms with Gasteiger partial charge in [-0.1, -0.05) is 6.07 Å². The SMILES string of the molecule is FC1(F)CCN(Cc2ccccn2)C[C@]12CCN(c1cccnc1)C2. The van der Waals surface area contributed by atoms with Gasteiger partial charge in [-0.25, -0.2) is 8.78 Å². The highest BCUT2D eigenvalue weighted by atomic mass is 19.3. The highest BCUT2D eigenvalue weighted by Gasteiger charge is 2.59. The summed E-state index contributed by atoms with van der Waals surface area (Å²) < 4.78 is 29.8. The first-order valence-corrected chi connectivity index (χ1v) is 8.73. The smallest absolute Gasteiger partial charge is 0.257 e. The third kappa shape index (κ3) is 3.11. The maximum atomic E-state index is 14.9. The molecule has 0 aliphatic carbocycles. The van der Waals surface area contributed by atoms with Gasteiger partial charge in [-0.05, 0) is 30.7 Å². The van der Waals surface area contributed by atoms with E-state index in [1.54, 1.807) is 18.6 Å². The van der Waals surface area contributed by atoms with E-state index in [1.807, 2.05) is 35.2 Å². The Morgan fingerprint density at radius 2 is 1.92 bits per heavy atom. The van der Waals surface area contributed by atoms with Crippen LogP contribution in [0, 0.1) is 5.41 Å². The lowest BCUT2D eigenvalue weighted by Crippen LogP contribution is -2.56. The molecule has 2 fully saturated rings. The average molecular weight is 344 g/mol. The molecule has 0 aromatic carbocycles. The fourth-order valence-electron chi connectivity index (χ4n) is 4.10. The second kappa shape index (κ2) is 6.33. The molecule has 2 aromatic heterocycles. The Bertz CT molecular complexity index is 710. The first-order chi connectivity index (χ1) is 12.1. The van der Waals surface area contributed by atoms with Crippen LogP contribution >= 0.6 is 0 Å². The summed E-state index contributed by atoms with van der Waals surface area (Å²) in [6.07, 6.45) is 5.64. The number of halogens is 2. The molecule has 2 saturated heterocycles. The fourth-order valence-corrected chi connectivity index (χ4v) is 4.10. The Kier molecular flexibility index (Phi) is 4.15. The zero-order valence-electron chi connectivity index (χ0n) is 14.1. The highest BCUT2D eigenvalue weighted by Crippen LogP contribution is 2.50. The molecule has 1 spiro atoms. The van der Waals surface area contributed by atoms with Gasteiger partial charge in [-0.2, -0.15) is 0 Å². The Labute approximate surface area is 146 Å². The average Bonchev–Trinajstić information content (AvgIpc) is 3.06. The van der Waals surface area contributed by atoms with Gasteiger partial charge in [0.1, 0.15) is 0 Å². The maximum absolute atomic E-state index is 14.9. The second-order valence-corrected chi connectivity index (χ2v) is 7.15. The summed E-state index contributed by atoms with van der Waals surface area (Å²) >= 11 is 0. The number of rotatable bonds is 3. The number of anilines is 1. The summed E-state index contributed by atoms with van der Waals surface area (Å²) in [5, 5.41) is 0. The van der Waals surface area contributed by atoms with Gasteiger partial charge in [-0.15, -0.1) is 0 Å². The number of aromatic nitrogens is 2. The molecule has 4 heterocycles. The van der Waals surface area contributed by atoms with Gasteiger partial charge in [0.25, 0.3) is 5.92 Å². The van der Waals surface area contributed by atoms with Crippen LogP contribution in [0.5, 0.6) is 0 Å². The van der Waals surface area contributed by atoms with Crippen molar-refractivity contribution in [2.75, 3.05) is 31.1 Å². The van der Waals surface area contributed by atoms with Crippen LogP contribution in [0.25, 0.3) is 0 Å². The van der Waals surface area contributed by atoms with Gasteiger partial charge in [0, 0.05) is 51.5 Å². The number of hydrogen-bond acceptors (Lipinski definition) is 4. The third-order valence-electron chi connectivity index (χ3n) is 5.52. The van der Waals surface area contributed by atoms with E-state index in [0.717, 1.165) is 11.4 Å². The monoisotopic (exact) mass is 344 g/mol. The Balaban J connectivity index is 1.52. The molecule has 25 heavy (non-hydrogen) atoms. The molecule has 2 aliphatic heterocycles. The van der Waals surface area contributed by atoms with Crippen LogP contribution in [-0.2, 0) is 6.54 Å². The number of hydrogen-bond donors (Lipinski definition) is 0. The lowest BCUT2D eigenvalue weighted by Gasteiger charge is -2.46. The second-order valence-electron chi connectivity index (χ2n) is 7.15. The van der Waals surface area contributed by atoms with E-state index in [1.165, 1.54) is 0 Å². The maximum Gasteiger partial charge on any atom is 0.257 e. The van der Waals surface area contributed by atoms with Crippen LogP contribution in [0.1, 0.15) is 18.5 Å². The molecule has 2 aromatic rings. The molecule has 4 rings (SSSR count). The predicted molar refractivity (Wildman–Crippen MR) is 92.6 cm³/mol. The molecule has 0 N–H and O–H groups in total. The van der Waals surface area contributed by atoms with Crippen LogP contribution in [0.2, 0.25) is 0 Å². The van der Waals surface area contributed by atoms with Crippen LogP contribution < -0.4 is 4.90 Å². The molecule has 4 nitrogen and oxygen atoms in total. The van der Waals surface area contributed by atoms with E-state index < -0.39 is 11.3 Å². The first kappa shape index (κ1) is 16.4. The van der Waals surface area contributed by atoms with E-state index in [2.05, 4.69) is 14.9 Å². The van der Waals surface area contributed by atoms with Gasteiger partial charge < -0.3 is 4.90 Å². The van der Waals surface area contributed by atoms with Crippen LogP contribution in [0.3, 0.4) is 0 Å². The van der Waals surface area contributed by atoms with E-state index in [4.69, 9.17) is 0 Å². The topological polar surface area (TPSA) is 32.3 Å². The number of likely N-dealkylation sites (tertiary alicyclic amines) is 1. The molecule has 0 radical (unpaired) electrons. The lowest BCUT2D eigenvalue weighted by molar-refractivity contribution is -0.159. The zero-order valence-corrected chi connectivity index (χ0v) is 14.1. The van der Waals surface area contributed by atoms with Gasteiger partial charge >= 0.3 is 0 Å². The minimum absolute atomic E-state index is 0.0826. The summed E-state index contributed by atoms with van der Waals surface area (Å²) in [5.41, 5.74) is 0.873. The van der Waals surface area contributed by atoms with Crippen molar-refractivity contribution in [2.45, 2.75) is 25.3 Å². The molecule has 0 unspecified atom stereocenters. The van der Waals surface area contributed by atoms with Crippen molar-refractivity contribution in [3.8, 4) is 0 Å². The van der Waals surface area contributed by atoms with E-state index in [0.29, 0.717) is 39.1 Å².